The molecule has 0 saturated heterocycles. The lowest BCUT2D eigenvalue weighted by Crippen LogP contribution is -2.32. The van der Waals surface area contributed by atoms with E-state index in [1.165, 1.54) is 0 Å². The molecule has 0 heterocycles. The second-order valence-electron chi connectivity index (χ2n) is 2.87. The molecular formula is C10H20O6. The summed E-state index contributed by atoms with van der Waals surface area (Å²) in [7, 11) is 0. The molecule has 0 spiro atoms. The summed E-state index contributed by atoms with van der Waals surface area (Å²) in [5.74, 6) is -0.981. The third-order valence-corrected chi connectivity index (χ3v) is 1.93. The van der Waals surface area contributed by atoms with Crippen molar-refractivity contribution in [3.05, 3.63) is 12.7 Å². The first-order valence-corrected chi connectivity index (χ1v) is 4.48. The second kappa shape index (κ2) is 13.8. The molecule has 0 atom stereocenters. The largest absolute Gasteiger partial charge is 0.478 e. The number of carbonyl (C=O) groups excluding carboxylic acids is 1. The average Bonchev–Trinajstić information content (AvgIpc) is 2.36. The number of carboxylic acid groups (broad SMARTS) is 1. The molecule has 0 aliphatic heterocycles. The molecule has 0 bridgehead atoms. The third-order valence-electron chi connectivity index (χ3n) is 1.93. The Bertz CT molecular complexity index is 159. The molecule has 0 saturated carbocycles. The SMILES string of the molecule is C=CC(=O)O.C=O.CCC(CO)(CO)CO. The molecule has 0 aliphatic rings. The zero-order chi connectivity index (χ0) is 13.6. The van der Waals surface area contributed by atoms with Crippen LogP contribution < -0.4 is 0 Å². The molecule has 96 valence electrons. The molecule has 6 heteroatoms. The maximum atomic E-state index is 9.25. The van der Waals surface area contributed by atoms with E-state index in [1.807, 2.05) is 13.7 Å². The molecule has 0 fully saturated rings. The summed E-state index contributed by atoms with van der Waals surface area (Å²) in [4.78, 5) is 17.2. The Balaban J connectivity index is -0.000000205. The molecule has 0 aromatic rings. The molecule has 0 radical (unpaired) electrons. The zero-order valence-electron chi connectivity index (χ0n) is 9.43. The van der Waals surface area contributed by atoms with Gasteiger partial charge in [-0.3, -0.25) is 0 Å². The van der Waals surface area contributed by atoms with Crippen molar-refractivity contribution < 1.29 is 30.0 Å². The van der Waals surface area contributed by atoms with Crippen LogP contribution in [-0.4, -0.2) is 53.0 Å². The van der Waals surface area contributed by atoms with Crippen molar-refractivity contribution in [1.29, 1.82) is 0 Å². The predicted octanol–water partition coefficient (Wildman–Crippen LogP) is -0.568. The van der Waals surface area contributed by atoms with E-state index in [-0.39, 0.29) is 19.8 Å². The fraction of sp³-hybridized carbons (Fsp3) is 0.600. The lowest BCUT2D eigenvalue weighted by Gasteiger charge is -2.24. The fourth-order valence-corrected chi connectivity index (χ4v) is 0.485. The predicted molar refractivity (Wildman–Crippen MR) is 58.9 cm³/mol. The van der Waals surface area contributed by atoms with Crippen molar-refractivity contribution in [1.82, 2.24) is 0 Å². The van der Waals surface area contributed by atoms with Crippen LogP contribution in [0.15, 0.2) is 12.7 Å². The van der Waals surface area contributed by atoms with Crippen molar-refractivity contribution in [2.45, 2.75) is 13.3 Å². The zero-order valence-corrected chi connectivity index (χ0v) is 9.43. The molecule has 0 aromatic carbocycles. The molecule has 0 rings (SSSR count). The number of hydrogen-bond donors (Lipinski definition) is 4. The van der Waals surface area contributed by atoms with Crippen molar-refractivity contribution in [3.63, 3.8) is 0 Å². The van der Waals surface area contributed by atoms with Gasteiger partial charge >= 0.3 is 5.97 Å². The van der Waals surface area contributed by atoms with E-state index in [0.717, 1.165) is 6.08 Å². The first-order chi connectivity index (χ1) is 7.51. The Morgan fingerprint density at radius 3 is 1.44 bits per heavy atom. The van der Waals surface area contributed by atoms with Crippen LogP contribution in [0.1, 0.15) is 13.3 Å². The first-order valence-electron chi connectivity index (χ1n) is 4.48. The lowest BCUT2D eigenvalue weighted by molar-refractivity contribution is -0.131. The summed E-state index contributed by atoms with van der Waals surface area (Å²) in [6, 6.07) is 0. The van der Waals surface area contributed by atoms with Gasteiger partial charge < -0.3 is 25.2 Å². The van der Waals surface area contributed by atoms with E-state index in [0.29, 0.717) is 6.42 Å². The normalized spacial score (nSPS) is 9.00. The van der Waals surface area contributed by atoms with Crippen molar-refractivity contribution in [2.75, 3.05) is 19.8 Å². The quantitative estimate of drug-likeness (QED) is 0.475. The second-order valence-corrected chi connectivity index (χ2v) is 2.87. The van der Waals surface area contributed by atoms with Gasteiger partial charge in [-0.05, 0) is 6.42 Å². The molecule has 0 aromatic heterocycles. The minimum atomic E-state index is -0.981. The maximum absolute atomic E-state index is 9.25. The highest BCUT2D eigenvalue weighted by atomic mass is 16.4. The van der Waals surface area contributed by atoms with Gasteiger partial charge in [0.25, 0.3) is 0 Å². The lowest BCUT2D eigenvalue weighted by atomic mass is 9.88. The summed E-state index contributed by atoms with van der Waals surface area (Å²) in [5.41, 5.74) is -0.667. The molecule has 0 amide bonds. The van der Waals surface area contributed by atoms with E-state index in [4.69, 9.17) is 25.2 Å². The maximum Gasteiger partial charge on any atom is 0.327 e. The minimum absolute atomic E-state index is 0.156. The third kappa shape index (κ3) is 10.8. The van der Waals surface area contributed by atoms with Crippen LogP contribution in [0, 0.1) is 5.41 Å². The molecular weight excluding hydrogens is 216 g/mol. The number of carbonyl (C=O) groups is 2. The summed E-state index contributed by atoms with van der Waals surface area (Å²) in [6.07, 6.45) is 1.43. The van der Waals surface area contributed by atoms with E-state index in [1.54, 1.807) is 0 Å². The van der Waals surface area contributed by atoms with Gasteiger partial charge in [-0.15, -0.1) is 0 Å². The Labute approximate surface area is 94.8 Å². The van der Waals surface area contributed by atoms with Gasteiger partial charge in [-0.2, -0.15) is 0 Å². The van der Waals surface area contributed by atoms with Gasteiger partial charge in [0.2, 0.25) is 0 Å². The summed E-state index contributed by atoms with van der Waals surface area (Å²) in [6.45, 7) is 6.31. The van der Waals surface area contributed by atoms with Crippen molar-refractivity contribution >= 4 is 12.8 Å². The summed E-state index contributed by atoms with van der Waals surface area (Å²) >= 11 is 0. The molecule has 16 heavy (non-hydrogen) atoms. The van der Waals surface area contributed by atoms with Crippen LogP contribution in [0.3, 0.4) is 0 Å². The van der Waals surface area contributed by atoms with Gasteiger partial charge in [0.15, 0.2) is 0 Å². The summed E-state index contributed by atoms with van der Waals surface area (Å²) in [5, 5.41) is 33.6. The Morgan fingerprint density at radius 1 is 1.19 bits per heavy atom. The van der Waals surface area contributed by atoms with Gasteiger partial charge in [0.05, 0.1) is 19.8 Å². The van der Waals surface area contributed by atoms with E-state index in [9.17, 15) is 4.79 Å². The van der Waals surface area contributed by atoms with Crippen molar-refractivity contribution in [3.8, 4) is 0 Å². The van der Waals surface area contributed by atoms with E-state index < -0.39 is 11.4 Å². The number of carboxylic acids is 1. The highest BCUT2D eigenvalue weighted by molar-refractivity contribution is 5.78. The number of aliphatic carboxylic acids is 1. The monoisotopic (exact) mass is 236 g/mol. The van der Waals surface area contributed by atoms with Gasteiger partial charge in [-0.25, -0.2) is 4.79 Å². The standard InChI is InChI=1S/C6H14O3.C3H4O2.CH2O/c1-2-6(3-7,4-8)5-9;1-2-3(4)5;1-2/h7-9H,2-5H2,1H3;2H,1H2,(H,4,5);1H2. The number of rotatable bonds is 5. The van der Waals surface area contributed by atoms with Crippen LogP contribution in [0.2, 0.25) is 0 Å². The summed E-state index contributed by atoms with van der Waals surface area (Å²) < 4.78 is 0. The van der Waals surface area contributed by atoms with Crippen LogP contribution in [0.5, 0.6) is 0 Å². The van der Waals surface area contributed by atoms with E-state index >= 15 is 0 Å². The van der Waals surface area contributed by atoms with Crippen LogP contribution in [-0.2, 0) is 9.59 Å². The number of aliphatic hydroxyl groups is 3. The minimum Gasteiger partial charge on any atom is -0.478 e. The van der Waals surface area contributed by atoms with Gasteiger partial charge in [0.1, 0.15) is 6.79 Å². The van der Waals surface area contributed by atoms with Crippen molar-refractivity contribution in [2.24, 2.45) is 5.41 Å². The molecule has 0 aliphatic carbocycles. The number of aliphatic hydroxyl groups excluding tert-OH is 3. The molecule has 4 N–H and O–H groups in total. The highest BCUT2D eigenvalue weighted by Crippen LogP contribution is 2.18. The van der Waals surface area contributed by atoms with E-state index in [2.05, 4.69) is 6.58 Å². The highest BCUT2D eigenvalue weighted by Gasteiger charge is 2.24. The van der Waals surface area contributed by atoms with Gasteiger partial charge in [-0.1, -0.05) is 13.5 Å². The Kier molecular flexibility index (Phi) is 17.4. The fourth-order valence-electron chi connectivity index (χ4n) is 0.485. The van der Waals surface area contributed by atoms with Gasteiger partial charge in [0, 0.05) is 11.5 Å². The van der Waals surface area contributed by atoms with Crippen LogP contribution >= 0.6 is 0 Å². The smallest absolute Gasteiger partial charge is 0.327 e. The first kappa shape index (κ1) is 20.2. The number of hydrogen-bond acceptors (Lipinski definition) is 5. The average molecular weight is 236 g/mol. The van der Waals surface area contributed by atoms with Crippen LogP contribution in [0.4, 0.5) is 0 Å². The van der Waals surface area contributed by atoms with Crippen LogP contribution in [0.25, 0.3) is 0 Å². The topological polar surface area (TPSA) is 115 Å². The molecule has 0 unspecified atom stereocenters. The Morgan fingerprint density at radius 2 is 1.44 bits per heavy atom. The molecule has 6 nitrogen and oxygen atoms in total. The Hall–Kier alpha value is -1.24.